The van der Waals surface area contributed by atoms with E-state index in [4.69, 9.17) is 0 Å². The van der Waals surface area contributed by atoms with Gasteiger partial charge in [-0.15, -0.1) is 0 Å². The van der Waals surface area contributed by atoms with Gasteiger partial charge in [-0.05, 0) is 56.0 Å². The van der Waals surface area contributed by atoms with Gasteiger partial charge in [0.25, 0.3) is 0 Å². The second kappa shape index (κ2) is 14.4. The number of piperazine rings is 1. The zero-order chi connectivity index (χ0) is 27.5. The van der Waals surface area contributed by atoms with Gasteiger partial charge < -0.3 is 0 Å². The molecule has 0 bridgehead atoms. The van der Waals surface area contributed by atoms with E-state index < -0.39 is 10.0 Å². The first-order chi connectivity index (χ1) is 18.4. The lowest BCUT2D eigenvalue weighted by atomic mass is 9.89. The van der Waals surface area contributed by atoms with Crippen LogP contribution in [0.2, 0.25) is 0 Å². The number of rotatable bonds is 6. The van der Waals surface area contributed by atoms with E-state index in [9.17, 15) is 13.2 Å². The summed E-state index contributed by atoms with van der Waals surface area (Å²) in [5.41, 5.74) is 3.26. The lowest BCUT2D eigenvalue weighted by molar-refractivity contribution is 0.101. The molecule has 3 aromatic carbocycles. The van der Waals surface area contributed by atoms with E-state index in [1.807, 2.05) is 13.8 Å². The van der Waals surface area contributed by atoms with Gasteiger partial charge in [0.2, 0.25) is 10.0 Å². The van der Waals surface area contributed by atoms with Gasteiger partial charge in [0, 0.05) is 37.2 Å². The fourth-order valence-corrected chi connectivity index (χ4v) is 6.75. The third kappa shape index (κ3) is 7.40. The number of hydrogen-bond donors (Lipinski definition) is 0. The van der Waals surface area contributed by atoms with Crippen LogP contribution in [0, 0.1) is 0 Å². The van der Waals surface area contributed by atoms with Gasteiger partial charge in [-0.2, -0.15) is 4.31 Å². The number of carbonyl (C=O) groups is 1. The molecule has 0 amide bonds. The molecule has 0 radical (unpaired) electrons. The first kappa shape index (κ1) is 29.8. The minimum atomic E-state index is -3.50. The predicted octanol–water partition coefficient (Wildman–Crippen LogP) is 6.61. The van der Waals surface area contributed by atoms with Crippen molar-refractivity contribution < 1.29 is 13.2 Å². The van der Waals surface area contributed by atoms with Gasteiger partial charge in [-0.25, -0.2) is 8.42 Å². The minimum absolute atomic E-state index is 0.118. The van der Waals surface area contributed by atoms with Crippen LogP contribution in [0.4, 0.5) is 0 Å². The van der Waals surface area contributed by atoms with Crippen LogP contribution in [0.5, 0.6) is 0 Å². The Morgan fingerprint density at radius 2 is 1.47 bits per heavy atom. The van der Waals surface area contributed by atoms with E-state index in [1.165, 1.54) is 24.1 Å². The molecule has 0 saturated carbocycles. The standard InChI is InChI=1S/C15H20N2O3S.C15H16.C2H6/c1-12(18)13-4-2-6-15(10-13)21(19,20)17-9-8-16-7-3-5-14(16)11-17;1-2-15(13-9-5-3-6-10-13)14-11-7-4-8-12-14;1-2/h2,4,6,10,14H,3,5,7-9,11H2,1H3;3-12,15H,2H2,1H3;1-2H3. The van der Waals surface area contributed by atoms with E-state index in [0.717, 1.165) is 32.4 Å². The van der Waals surface area contributed by atoms with Crippen LogP contribution in [0.3, 0.4) is 0 Å². The second-order valence-corrected chi connectivity index (χ2v) is 11.5. The second-order valence-electron chi connectivity index (χ2n) is 9.56. The Hall–Kier alpha value is -2.80. The molecule has 6 heteroatoms. The summed E-state index contributed by atoms with van der Waals surface area (Å²) in [5, 5.41) is 0. The van der Waals surface area contributed by atoms with Crippen LogP contribution < -0.4 is 0 Å². The highest BCUT2D eigenvalue weighted by atomic mass is 32.2. The third-order valence-corrected chi connectivity index (χ3v) is 9.10. The molecule has 38 heavy (non-hydrogen) atoms. The highest BCUT2D eigenvalue weighted by Gasteiger charge is 2.36. The maximum absolute atomic E-state index is 12.7. The molecular formula is C32H42N2O3S. The molecule has 2 aliphatic rings. The number of benzene rings is 3. The van der Waals surface area contributed by atoms with Gasteiger partial charge in [0.1, 0.15) is 0 Å². The Labute approximate surface area is 229 Å². The van der Waals surface area contributed by atoms with Crippen molar-refractivity contribution in [2.75, 3.05) is 26.2 Å². The summed E-state index contributed by atoms with van der Waals surface area (Å²) >= 11 is 0. The Morgan fingerprint density at radius 1 is 0.868 bits per heavy atom. The van der Waals surface area contributed by atoms with Crippen LogP contribution in [0.25, 0.3) is 0 Å². The van der Waals surface area contributed by atoms with E-state index in [1.54, 1.807) is 22.5 Å². The molecular weight excluding hydrogens is 492 g/mol. The first-order valence-corrected chi connectivity index (χ1v) is 15.3. The number of sulfonamides is 1. The number of Topliss-reactive ketones (excluding diaryl/α,β-unsaturated/α-hetero) is 1. The molecule has 1 unspecified atom stereocenters. The number of ketones is 1. The summed E-state index contributed by atoms with van der Waals surface area (Å²) in [5.74, 6) is 0.417. The SMILES string of the molecule is CC.CC(=O)c1cccc(S(=O)(=O)N2CCN3CCCC3C2)c1.CCC(c1ccccc1)c1ccccc1. The van der Waals surface area contributed by atoms with Gasteiger partial charge in [0.15, 0.2) is 5.78 Å². The van der Waals surface area contributed by atoms with Crippen LogP contribution in [-0.2, 0) is 10.0 Å². The zero-order valence-corrected chi connectivity index (χ0v) is 24.0. The van der Waals surface area contributed by atoms with Crippen molar-refractivity contribution in [3.05, 3.63) is 102 Å². The number of hydrogen-bond acceptors (Lipinski definition) is 4. The number of nitrogens with zero attached hydrogens (tertiary/aromatic N) is 2. The van der Waals surface area contributed by atoms with E-state index in [0.29, 0.717) is 30.6 Å². The lowest BCUT2D eigenvalue weighted by Gasteiger charge is -2.36. The molecule has 2 fully saturated rings. The van der Waals surface area contributed by atoms with E-state index in [-0.39, 0.29) is 10.7 Å². The molecule has 204 valence electrons. The summed E-state index contributed by atoms with van der Waals surface area (Å²) in [6.07, 6.45) is 3.37. The van der Waals surface area contributed by atoms with Crippen molar-refractivity contribution in [3.8, 4) is 0 Å². The highest BCUT2D eigenvalue weighted by Crippen LogP contribution is 2.27. The normalized spacial score (nSPS) is 17.6. The quantitative estimate of drug-likeness (QED) is 0.334. The maximum Gasteiger partial charge on any atom is 0.243 e. The van der Waals surface area contributed by atoms with Crippen molar-refractivity contribution in [2.24, 2.45) is 0 Å². The lowest BCUT2D eigenvalue weighted by Crippen LogP contribution is -2.51. The summed E-state index contributed by atoms with van der Waals surface area (Å²) < 4.78 is 27.1. The Bertz CT molecular complexity index is 1210. The van der Waals surface area contributed by atoms with Crippen LogP contribution in [0.1, 0.15) is 74.4 Å². The Morgan fingerprint density at radius 3 is 2.03 bits per heavy atom. The topological polar surface area (TPSA) is 57.7 Å². The Kier molecular flexibility index (Phi) is 11.3. The van der Waals surface area contributed by atoms with Crippen molar-refractivity contribution in [1.29, 1.82) is 0 Å². The van der Waals surface area contributed by atoms with E-state index >= 15 is 0 Å². The highest BCUT2D eigenvalue weighted by molar-refractivity contribution is 7.89. The molecule has 3 aromatic rings. The molecule has 2 saturated heterocycles. The fraction of sp³-hybridized carbons (Fsp3) is 0.406. The van der Waals surface area contributed by atoms with Crippen molar-refractivity contribution >= 4 is 15.8 Å². The smallest absolute Gasteiger partial charge is 0.243 e. The third-order valence-electron chi connectivity index (χ3n) is 7.24. The molecule has 0 N–H and O–H groups in total. The fourth-order valence-electron chi connectivity index (χ4n) is 5.24. The van der Waals surface area contributed by atoms with Crippen molar-refractivity contribution in [3.63, 3.8) is 0 Å². The monoisotopic (exact) mass is 534 g/mol. The molecule has 2 aliphatic heterocycles. The van der Waals surface area contributed by atoms with Crippen LogP contribution in [0.15, 0.2) is 89.8 Å². The minimum Gasteiger partial charge on any atom is -0.298 e. The average Bonchev–Trinajstić information content (AvgIpc) is 3.44. The summed E-state index contributed by atoms with van der Waals surface area (Å²) in [4.78, 5) is 14.0. The van der Waals surface area contributed by atoms with Crippen LogP contribution >= 0.6 is 0 Å². The molecule has 5 nitrogen and oxygen atoms in total. The van der Waals surface area contributed by atoms with Gasteiger partial charge >= 0.3 is 0 Å². The summed E-state index contributed by atoms with van der Waals surface area (Å²) in [6.45, 7) is 10.7. The molecule has 5 rings (SSSR count). The largest absolute Gasteiger partial charge is 0.298 e. The molecule has 2 heterocycles. The van der Waals surface area contributed by atoms with E-state index in [2.05, 4.69) is 72.5 Å². The average molecular weight is 535 g/mol. The maximum atomic E-state index is 12.7. The predicted molar refractivity (Wildman–Crippen MR) is 156 cm³/mol. The molecule has 0 spiro atoms. The number of fused-ring (bicyclic) bond motifs is 1. The summed E-state index contributed by atoms with van der Waals surface area (Å²) in [7, 11) is -3.50. The Balaban J connectivity index is 0.000000208. The van der Waals surface area contributed by atoms with Gasteiger partial charge in [0.05, 0.1) is 4.90 Å². The molecule has 0 aromatic heterocycles. The molecule has 0 aliphatic carbocycles. The zero-order valence-electron chi connectivity index (χ0n) is 23.2. The van der Waals surface area contributed by atoms with Crippen LogP contribution in [-0.4, -0.2) is 55.6 Å². The molecule has 1 atom stereocenters. The number of carbonyl (C=O) groups excluding carboxylic acids is 1. The van der Waals surface area contributed by atoms with Gasteiger partial charge in [-0.1, -0.05) is 93.6 Å². The first-order valence-electron chi connectivity index (χ1n) is 13.8. The van der Waals surface area contributed by atoms with Gasteiger partial charge in [-0.3, -0.25) is 9.69 Å². The van der Waals surface area contributed by atoms with Crippen molar-refractivity contribution in [1.82, 2.24) is 9.21 Å². The van der Waals surface area contributed by atoms with Crippen molar-refractivity contribution in [2.45, 2.75) is 63.8 Å². The summed E-state index contributed by atoms with van der Waals surface area (Å²) in [6, 6.07) is 28.1.